The average molecular weight is 577 g/mol. The van der Waals surface area contributed by atoms with E-state index in [1.807, 2.05) is 0 Å². The Bertz CT molecular complexity index is 1660. The highest BCUT2D eigenvalue weighted by atomic mass is 35.5. The number of benzene rings is 2. The van der Waals surface area contributed by atoms with Crippen LogP contribution in [0.2, 0.25) is 5.02 Å². The van der Waals surface area contributed by atoms with Crippen LogP contribution in [0.3, 0.4) is 0 Å². The molecule has 1 aliphatic heterocycles. The SMILES string of the molecule is C[C@]1(C(N)=O)COc2c1cc([C@@](O)(CNC(=O)c1cc3ccc(Cl)cc3[nH]1)C(F)(F)F)nc2-c1ccc(F)cc1. The molecule has 0 radical (unpaired) electrons. The number of nitrogens with two attached hydrogens (primary N) is 1. The van der Waals surface area contributed by atoms with Gasteiger partial charge < -0.3 is 25.9 Å². The quantitative estimate of drug-likeness (QED) is 0.254. The van der Waals surface area contributed by atoms with Crippen LogP contribution in [0.25, 0.3) is 22.2 Å². The van der Waals surface area contributed by atoms with Gasteiger partial charge in [-0.3, -0.25) is 9.59 Å². The number of hydrogen-bond acceptors (Lipinski definition) is 5. The largest absolute Gasteiger partial charge is 0.489 e. The lowest BCUT2D eigenvalue weighted by atomic mass is 9.81. The van der Waals surface area contributed by atoms with Crippen molar-refractivity contribution in [3.8, 4) is 17.0 Å². The van der Waals surface area contributed by atoms with Gasteiger partial charge in [-0.15, -0.1) is 0 Å². The van der Waals surface area contributed by atoms with Crippen molar-refractivity contribution in [2.75, 3.05) is 13.2 Å². The van der Waals surface area contributed by atoms with Crippen LogP contribution in [0.5, 0.6) is 5.75 Å². The number of rotatable bonds is 6. The first-order valence-corrected chi connectivity index (χ1v) is 12.2. The molecule has 8 nitrogen and oxygen atoms in total. The highest BCUT2D eigenvalue weighted by Gasteiger charge is 2.57. The van der Waals surface area contributed by atoms with Crippen molar-refractivity contribution in [1.82, 2.24) is 15.3 Å². The molecule has 3 heterocycles. The number of fused-ring (bicyclic) bond motifs is 2. The van der Waals surface area contributed by atoms with Crippen molar-refractivity contribution in [3.63, 3.8) is 0 Å². The molecule has 40 heavy (non-hydrogen) atoms. The zero-order chi connectivity index (χ0) is 29.0. The molecule has 2 aromatic carbocycles. The number of nitrogens with one attached hydrogen (secondary N) is 2. The normalized spacial score (nSPS) is 18.2. The van der Waals surface area contributed by atoms with E-state index in [0.29, 0.717) is 15.9 Å². The van der Waals surface area contributed by atoms with E-state index in [4.69, 9.17) is 22.1 Å². The minimum atomic E-state index is -5.34. The molecule has 0 saturated heterocycles. The predicted molar refractivity (Wildman–Crippen MR) is 137 cm³/mol. The molecule has 5 rings (SSSR count). The number of pyridine rings is 1. The molecule has 0 aliphatic carbocycles. The summed E-state index contributed by atoms with van der Waals surface area (Å²) in [6, 6.07) is 11.7. The van der Waals surface area contributed by atoms with Gasteiger partial charge in [0.15, 0.2) is 0 Å². The van der Waals surface area contributed by atoms with Crippen LogP contribution in [-0.4, -0.2) is 46.2 Å². The van der Waals surface area contributed by atoms with Crippen LogP contribution in [0.1, 0.15) is 28.7 Å². The summed E-state index contributed by atoms with van der Waals surface area (Å²) < 4.78 is 62.7. The lowest BCUT2D eigenvalue weighted by Gasteiger charge is -2.31. The summed E-state index contributed by atoms with van der Waals surface area (Å²) in [6.07, 6.45) is -5.34. The Balaban J connectivity index is 1.58. The Morgan fingerprint density at radius 2 is 1.88 bits per heavy atom. The maximum atomic E-state index is 14.5. The molecule has 2 amide bonds. The average Bonchev–Trinajstić information content (AvgIpc) is 3.48. The molecular weight excluding hydrogens is 556 g/mol. The van der Waals surface area contributed by atoms with Crippen molar-refractivity contribution in [2.24, 2.45) is 5.73 Å². The van der Waals surface area contributed by atoms with E-state index in [1.54, 1.807) is 18.2 Å². The van der Waals surface area contributed by atoms with Crippen molar-refractivity contribution in [1.29, 1.82) is 0 Å². The molecule has 0 spiro atoms. The number of aromatic nitrogens is 2. The maximum absolute atomic E-state index is 14.5. The van der Waals surface area contributed by atoms with E-state index in [9.17, 15) is 32.3 Å². The molecular formula is C27H21ClF4N4O4. The van der Waals surface area contributed by atoms with Crippen molar-refractivity contribution in [2.45, 2.75) is 24.1 Å². The number of primary amides is 1. The van der Waals surface area contributed by atoms with Gasteiger partial charge in [-0.25, -0.2) is 9.37 Å². The lowest BCUT2D eigenvalue weighted by Crippen LogP contribution is -2.52. The van der Waals surface area contributed by atoms with Crippen LogP contribution in [0.4, 0.5) is 17.6 Å². The van der Waals surface area contributed by atoms with Gasteiger partial charge in [0.25, 0.3) is 5.91 Å². The minimum absolute atomic E-state index is 0.0260. The predicted octanol–water partition coefficient (Wildman–Crippen LogP) is 4.34. The van der Waals surface area contributed by atoms with E-state index in [1.165, 1.54) is 25.1 Å². The van der Waals surface area contributed by atoms with Crippen molar-refractivity contribution < 1.29 is 37.0 Å². The second-order valence-corrected chi connectivity index (χ2v) is 10.1. The Kier molecular flexibility index (Phi) is 6.50. The number of alkyl halides is 3. The third kappa shape index (κ3) is 4.52. The number of nitrogens with zero attached hydrogens (tertiary/aromatic N) is 1. The zero-order valence-corrected chi connectivity index (χ0v) is 21.5. The minimum Gasteiger partial charge on any atom is -0.489 e. The van der Waals surface area contributed by atoms with E-state index in [0.717, 1.165) is 18.2 Å². The van der Waals surface area contributed by atoms with Crippen LogP contribution in [-0.2, 0) is 15.8 Å². The second-order valence-electron chi connectivity index (χ2n) is 9.68. The number of aromatic amines is 1. The van der Waals surface area contributed by atoms with Gasteiger partial charge >= 0.3 is 6.18 Å². The molecule has 0 unspecified atom stereocenters. The standard InChI is InChI=1S/C27H21ClF4N4O4/c1-25(24(33)38)12-40-22-17(25)10-20(36-21(22)13-3-6-16(29)7-4-13)26(39,27(30,31)32)11-34-23(37)19-8-14-2-5-15(28)9-18(14)35-19/h2-10,35,39H,11-12H2,1H3,(H2,33,38)(H,34,37)/t25-,26-/m0/s1. The van der Waals surface area contributed by atoms with Crippen LogP contribution >= 0.6 is 11.6 Å². The fraction of sp³-hybridized carbons (Fsp3) is 0.222. The van der Waals surface area contributed by atoms with Gasteiger partial charge in [0.05, 0.1) is 12.2 Å². The van der Waals surface area contributed by atoms with Crippen LogP contribution in [0, 0.1) is 5.82 Å². The number of halogens is 5. The summed E-state index contributed by atoms with van der Waals surface area (Å²) in [5.74, 6) is -2.44. The summed E-state index contributed by atoms with van der Waals surface area (Å²) in [5, 5.41) is 14.2. The van der Waals surface area contributed by atoms with Gasteiger partial charge in [0, 0.05) is 27.1 Å². The van der Waals surface area contributed by atoms with Crippen molar-refractivity contribution >= 4 is 34.3 Å². The fourth-order valence-corrected chi connectivity index (χ4v) is 4.64. The number of hydrogen-bond donors (Lipinski definition) is 4. The monoisotopic (exact) mass is 576 g/mol. The Labute approximate surface area is 229 Å². The molecule has 1 aliphatic rings. The lowest BCUT2D eigenvalue weighted by molar-refractivity contribution is -0.265. The molecule has 13 heteroatoms. The maximum Gasteiger partial charge on any atom is 0.424 e. The molecule has 2 aromatic heterocycles. The van der Waals surface area contributed by atoms with Gasteiger partial charge in [-0.1, -0.05) is 17.7 Å². The molecule has 2 atom stereocenters. The van der Waals surface area contributed by atoms with Crippen LogP contribution in [0.15, 0.2) is 54.6 Å². The highest BCUT2D eigenvalue weighted by Crippen LogP contribution is 2.47. The van der Waals surface area contributed by atoms with Gasteiger partial charge in [-0.2, -0.15) is 13.2 Å². The smallest absolute Gasteiger partial charge is 0.424 e. The molecule has 208 valence electrons. The second kappa shape index (κ2) is 9.49. The Morgan fingerprint density at radius 3 is 2.52 bits per heavy atom. The van der Waals surface area contributed by atoms with E-state index in [-0.39, 0.29) is 34.9 Å². The number of carbonyl (C=O) groups excluding carboxylic acids is 2. The third-order valence-corrected chi connectivity index (χ3v) is 7.20. The molecule has 0 saturated carbocycles. The van der Waals surface area contributed by atoms with Gasteiger partial charge in [-0.05, 0) is 55.5 Å². The van der Waals surface area contributed by atoms with Gasteiger partial charge in [0.2, 0.25) is 11.5 Å². The van der Waals surface area contributed by atoms with E-state index < -0.39 is 47.1 Å². The number of carbonyl (C=O) groups is 2. The summed E-state index contributed by atoms with van der Waals surface area (Å²) in [5.41, 5.74) is -0.231. The summed E-state index contributed by atoms with van der Waals surface area (Å²) in [6.45, 7) is -0.229. The molecule has 0 fully saturated rings. The third-order valence-electron chi connectivity index (χ3n) is 6.96. The Morgan fingerprint density at radius 1 is 1.18 bits per heavy atom. The molecule has 0 bridgehead atoms. The van der Waals surface area contributed by atoms with Crippen LogP contribution < -0.4 is 15.8 Å². The summed E-state index contributed by atoms with van der Waals surface area (Å²) >= 11 is 5.95. The first-order valence-electron chi connectivity index (χ1n) is 11.8. The van der Waals surface area contributed by atoms with Crippen molar-refractivity contribution in [3.05, 3.63) is 82.4 Å². The number of ether oxygens (including phenoxy) is 1. The summed E-state index contributed by atoms with van der Waals surface area (Å²) in [4.78, 5) is 32.0. The number of H-pyrrole nitrogens is 1. The highest BCUT2D eigenvalue weighted by molar-refractivity contribution is 6.31. The number of aliphatic hydroxyl groups is 1. The molecule has 4 aromatic rings. The topological polar surface area (TPSA) is 130 Å². The zero-order valence-electron chi connectivity index (χ0n) is 20.7. The van der Waals surface area contributed by atoms with E-state index in [2.05, 4.69) is 15.3 Å². The van der Waals surface area contributed by atoms with E-state index >= 15 is 0 Å². The fourth-order valence-electron chi connectivity index (χ4n) is 4.46. The number of amides is 2. The first-order chi connectivity index (χ1) is 18.7. The first kappa shape index (κ1) is 27.4. The Hall–Kier alpha value is -4.16. The molecule has 5 N–H and O–H groups in total. The van der Waals surface area contributed by atoms with Gasteiger partial charge in [0.1, 0.15) is 35.0 Å². The summed E-state index contributed by atoms with van der Waals surface area (Å²) in [7, 11) is 0.